The molecule has 1 aromatic heterocycles. The number of halogens is 1. The fourth-order valence-electron chi connectivity index (χ4n) is 2.89. The van der Waals surface area contributed by atoms with Crippen molar-refractivity contribution in [2.45, 2.75) is 18.9 Å². The van der Waals surface area contributed by atoms with Crippen molar-refractivity contribution in [2.24, 2.45) is 0 Å². The Hall–Kier alpha value is -3.15. The van der Waals surface area contributed by atoms with Gasteiger partial charge in [-0.1, -0.05) is 18.2 Å². The van der Waals surface area contributed by atoms with Crippen LogP contribution in [0.1, 0.15) is 34.5 Å². The highest BCUT2D eigenvalue weighted by molar-refractivity contribution is 6.05. The molecule has 0 bridgehead atoms. The molecule has 0 radical (unpaired) electrons. The SMILES string of the molecule is COc1c(C(=O)NC2CC2)ccc2[nH]nc(/C=C/c3cccc(F)c3)c12. The number of nitrogens with one attached hydrogen (secondary N) is 2. The zero-order valence-electron chi connectivity index (χ0n) is 14.3. The van der Waals surface area contributed by atoms with Gasteiger partial charge in [-0.25, -0.2) is 4.39 Å². The number of carbonyl (C=O) groups is 1. The van der Waals surface area contributed by atoms with Gasteiger partial charge in [0.1, 0.15) is 11.6 Å². The molecule has 1 heterocycles. The van der Waals surface area contributed by atoms with E-state index in [1.807, 2.05) is 6.07 Å². The highest BCUT2D eigenvalue weighted by atomic mass is 19.1. The first kappa shape index (κ1) is 16.3. The van der Waals surface area contributed by atoms with Crippen molar-refractivity contribution in [1.82, 2.24) is 15.5 Å². The number of benzene rings is 2. The minimum absolute atomic E-state index is 0.146. The lowest BCUT2D eigenvalue weighted by molar-refractivity contribution is 0.0948. The summed E-state index contributed by atoms with van der Waals surface area (Å²) in [5.41, 5.74) is 2.60. The summed E-state index contributed by atoms with van der Waals surface area (Å²) >= 11 is 0. The number of hydrogen-bond acceptors (Lipinski definition) is 3. The minimum atomic E-state index is -0.296. The Bertz CT molecular complexity index is 1010. The lowest BCUT2D eigenvalue weighted by Crippen LogP contribution is -2.25. The summed E-state index contributed by atoms with van der Waals surface area (Å²) in [6, 6.07) is 10.1. The van der Waals surface area contributed by atoms with Crippen molar-refractivity contribution in [3.8, 4) is 5.75 Å². The molecule has 1 saturated carbocycles. The van der Waals surface area contributed by atoms with Gasteiger partial charge in [0, 0.05) is 6.04 Å². The maximum atomic E-state index is 13.3. The van der Waals surface area contributed by atoms with Gasteiger partial charge in [-0.3, -0.25) is 9.89 Å². The number of carbonyl (C=O) groups excluding carboxylic acids is 1. The van der Waals surface area contributed by atoms with Gasteiger partial charge in [0.2, 0.25) is 0 Å². The van der Waals surface area contributed by atoms with Crippen molar-refractivity contribution >= 4 is 29.0 Å². The lowest BCUT2D eigenvalue weighted by atomic mass is 10.1. The van der Waals surface area contributed by atoms with Crippen LogP contribution < -0.4 is 10.1 Å². The number of nitrogens with zero attached hydrogens (tertiary/aromatic N) is 1. The van der Waals surface area contributed by atoms with Gasteiger partial charge < -0.3 is 10.1 Å². The molecule has 2 aromatic carbocycles. The van der Waals surface area contributed by atoms with Crippen molar-refractivity contribution in [1.29, 1.82) is 0 Å². The zero-order chi connectivity index (χ0) is 18.1. The topological polar surface area (TPSA) is 67.0 Å². The second-order valence-electron chi connectivity index (χ2n) is 6.31. The molecule has 0 spiro atoms. The third-order valence-corrected chi connectivity index (χ3v) is 4.35. The second kappa shape index (κ2) is 6.63. The Morgan fingerprint density at radius 1 is 1.31 bits per heavy atom. The monoisotopic (exact) mass is 351 g/mol. The van der Waals surface area contributed by atoms with E-state index in [0.29, 0.717) is 17.0 Å². The van der Waals surface area contributed by atoms with E-state index >= 15 is 0 Å². The first-order valence-corrected chi connectivity index (χ1v) is 8.45. The molecule has 5 nitrogen and oxygen atoms in total. The van der Waals surface area contributed by atoms with Crippen LogP contribution in [0.5, 0.6) is 5.75 Å². The average Bonchev–Trinajstić information content (AvgIpc) is 3.36. The lowest BCUT2D eigenvalue weighted by Gasteiger charge is -2.10. The molecule has 132 valence electrons. The van der Waals surface area contributed by atoms with Gasteiger partial charge in [-0.2, -0.15) is 5.10 Å². The quantitative estimate of drug-likeness (QED) is 0.735. The normalized spacial score (nSPS) is 14.1. The number of aromatic amines is 1. The number of ether oxygens (including phenoxy) is 1. The Morgan fingerprint density at radius 2 is 2.15 bits per heavy atom. The minimum Gasteiger partial charge on any atom is -0.495 e. The van der Waals surface area contributed by atoms with Gasteiger partial charge in [0.15, 0.2) is 0 Å². The molecule has 0 atom stereocenters. The summed E-state index contributed by atoms with van der Waals surface area (Å²) < 4.78 is 18.9. The third kappa shape index (κ3) is 3.18. The molecule has 1 amide bonds. The number of aromatic nitrogens is 2. The summed E-state index contributed by atoms with van der Waals surface area (Å²) in [6.45, 7) is 0. The number of rotatable bonds is 5. The summed E-state index contributed by atoms with van der Waals surface area (Å²) in [5.74, 6) is 0.0384. The van der Waals surface area contributed by atoms with Gasteiger partial charge in [0.25, 0.3) is 5.91 Å². The highest BCUT2D eigenvalue weighted by Crippen LogP contribution is 2.33. The number of H-pyrrole nitrogens is 1. The van der Waals surface area contributed by atoms with Crippen molar-refractivity contribution in [3.63, 3.8) is 0 Å². The van der Waals surface area contributed by atoms with Crippen LogP contribution in [0.3, 0.4) is 0 Å². The predicted molar refractivity (Wildman–Crippen MR) is 98.5 cm³/mol. The molecule has 0 unspecified atom stereocenters. The fourth-order valence-corrected chi connectivity index (χ4v) is 2.89. The molecular weight excluding hydrogens is 333 g/mol. The van der Waals surface area contributed by atoms with Crippen LogP contribution in [0.15, 0.2) is 36.4 Å². The van der Waals surface area contributed by atoms with Crippen LogP contribution in [0.25, 0.3) is 23.1 Å². The Kier molecular flexibility index (Phi) is 4.16. The van der Waals surface area contributed by atoms with Gasteiger partial charge >= 0.3 is 0 Å². The van der Waals surface area contributed by atoms with E-state index in [1.165, 1.54) is 19.2 Å². The molecule has 0 aliphatic heterocycles. The van der Waals surface area contributed by atoms with Crippen molar-refractivity contribution in [3.05, 3.63) is 59.0 Å². The Labute approximate surface area is 149 Å². The number of methoxy groups -OCH3 is 1. The van der Waals surface area contributed by atoms with Gasteiger partial charge in [0.05, 0.1) is 29.3 Å². The highest BCUT2D eigenvalue weighted by Gasteiger charge is 2.26. The van der Waals surface area contributed by atoms with E-state index in [-0.39, 0.29) is 17.8 Å². The molecular formula is C20H18FN3O2. The molecule has 1 aliphatic rings. The van der Waals surface area contributed by atoms with Crippen LogP contribution in [0.2, 0.25) is 0 Å². The molecule has 0 saturated heterocycles. The van der Waals surface area contributed by atoms with Crippen LogP contribution >= 0.6 is 0 Å². The van der Waals surface area contributed by atoms with Crippen LogP contribution in [0.4, 0.5) is 4.39 Å². The van der Waals surface area contributed by atoms with E-state index in [4.69, 9.17) is 4.74 Å². The second-order valence-corrected chi connectivity index (χ2v) is 6.31. The van der Waals surface area contributed by atoms with E-state index in [9.17, 15) is 9.18 Å². The molecule has 26 heavy (non-hydrogen) atoms. The molecule has 6 heteroatoms. The molecule has 4 rings (SSSR count). The molecule has 1 fully saturated rings. The number of amides is 1. The van der Waals surface area contributed by atoms with E-state index < -0.39 is 0 Å². The maximum Gasteiger partial charge on any atom is 0.255 e. The molecule has 3 aromatic rings. The predicted octanol–water partition coefficient (Wildman–Crippen LogP) is 3.77. The van der Waals surface area contributed by atoms with Crippen molar-refractivity contribution < 1.29 is 13.9 Å². The molecule has 2 N–H and O–H groups in total. The van der Waals surface area contributed by atoms with E-state index in [1.54, 1.807) is 30.4 Å². The summed E-state index contributed by atoms with van der Waals surface area (Å²) in [4.78, 5) is 12.5. The van der Waals surface area contributed by atoms with E-state index in [0.717, 1.165) is 29.3 Å². The van der Waals surface area contributed by atoms with E-state index in [2.05, 4.69) is 15.5 Å². The first-order chi connectivity index (χ1) is 12.7. The average molecular weight is 351 g/mol. The van der Waals surface area contributed by atoms with Gasteiger partial charge in [-0.05, 0) is 48.7 Å². The smallest absolute Gasteiger partial charge is 0.255 e. The number of hydrogen-bond donors (Lipinski definition) is 2. The zero-order valence-corrected chi connectivity index (χ0v) is 14.3. The summed E-state index contributed by atoms with van der Waals surface area (Å²) in [5, 5.41) is 10.9. The van der Waals surface area contributed by atoms with Crippen LogP contribution in [0, 0.1) is 5.82 Å². The van der Waals surface area contributed by atoms with Crippen molar-refractivity contribution in [2.75, 3.05) is 7.11 Å². The summed E-state index contributed by atoms with van der Waals surface area (Å²) in [7, 11) is 1.54. The van der Waals surface area contributed by atoms with Crippen LogP contribution in [-0.2, 0) is 0 Å². The Morgan fingerprint density at radius 3 is 2.88 bits per heavy atom. The maximum absolute atomic E-state index is 13.3. The van der Waals surface area contributed by atoms with Crippen LogP contribution in [-0.4, -0.2) is 29.3 Å². The summed E-state index contributed by atoms with van der Waals surface area (Å²) in [6.07, 6.45) is 5.58. The standard InChI is InChI=1S/C20H18FN3O2/c1-26-19-15(20(25)22-14-6-7-14)8-10-17-18(19)16(23-24-17)9-5-12-3-2-4-13(21)11-12/h2-5,8-11,14H,6-7H2,1H3,(H,22,25)(H,23,24)/b9-5+. The number of fused-ring (bicyclic) bond motifs is 1. The molecule has 1 aliphatic carbocycles. The largest absolute Gasteiger partial charge is 0.495 e. The third-order valence-electron chi connectivity index (χ3n) is 4.35. The van der Waals surface area contributed by atoms with Gasteiger partial charge in [-0.15, -0.1) is 0 Å². The fraction of sp³-hybridized carbons (Fsp3) is 0.200. The Balaban J connectivity index is 1.74. The first-order valence-electron chi connectivity index (χ1n) is 8.45.